The van der Waals surface area contributed by atoms with Crippen LogP contribution in [0.4, 0.5) is 0 Å². The van der Waals surface area contributed by atoms with Gasteiger partial charge in [-0.05, 0) is 28.1 Å². The number of aromatic nitrogens is 2. The molecule has 72 valence electrons. The average Bonchev–Trinajstić information content (AvgIpc) is 2.57. The molecular weight excluding hydrogens is 318 g/mol. The van der Waals surface area contributed by atoms with E-state index in [0.717, 1.165) is 18.0 Å². The number of halogens is 1. The average molecular weight is 328 g/mol. The van der Waals surface area contributed by atoms with Gasteiger partial charge < -0.3 is 4.52 Å². The van der Waals surface area contributed by atoms with E-state index in [1.165, 1.54) is 11.4 Å². The van der Waals surface area contributed by atoms with Crippen molar-refractivity contribution in [3.8, 4) is 0 Å². The SMILES string of the molecule is IPOCc1cc2n(n1)CCSC2. The molecule has 2 heterocycles. The Bertz CT molecular complexity index is 271. The molecule has 1 aliphatic rings. The minimum Gasteiger partial charge on any atom is -0.345 e. The number of fused-ring (bicyclic) bond motifs is 1. The van der Waals surface area contributed by atoms with Gasteiger partial charge in [0.2, 0.25) is 0 Å². The fourth-order valence-electron chi connectivity index (χ4n) is 1.32. The molecule has 2 rings (SSSR count). The van der Waals surface area contributed by atoms with Crippen molar-refractivity contribution in [2.75, 3.05) is 5.75 Å². The second kappa shape index (κ2) is 4.96. The highest BCUT2D eigenvalue weighted by molar-refractivity contribution is 14.2. The third-order valence-corrected chi connectivity index (χ3v) is 4.04. The van der Waals surface area contributed by atoms with E-state index in [4.69, 9.17) is 4.52 Å². The van der Waals surface area contributed by atoms with Crippen LogP contribution in [0.25, 0.3) is 0 Å². The molecule has 0 aliphatic carbocycles. The van der Waals surface area contributed by atoms with Gasteiger partial charge in [-0.1, -0.05) is 0 Å². The highest BCUT2D eigenvalue weighted by atomic mass is 127. The molecule has 0 saturated carbocycles. The third-order valence-electron chi connectivity index (χ3n) is 1.89. The van der Waals surface area contributed by atoms with Gasteiger partial charge in [0.15, 0.2) is 0 Å². The minimum absolute atomic E-state index is 0.522. The van der Waals surface area contributed by atoms with Gasteiger partial charge in [0, 0.05) is 17.2 Å². The zero-order valence-corrected chi connectivity index (χ0v) is 11.0. The second-order valence-electron chi connectivity index (χ2n) is 2.77. The summed E-state index contributed by atoms with van der Waals surface area (Å²) >= 11 is 4.20. The van der Waals surface area contributed by atoms with E-state index in [-0.39, 0.29) is 0 Å². The molecule has 13 heavy (non-hydrogen) atoms. The van der Waals surface area contributed by atoms with Crippen molar-refractivity contribution in [1.82, 2.24) is 9.78 Å². The fraction of sp³-hybridized carbons (Fsp3) is 0.571. The van der Waals surface area contributed by atoms with Gasteiger partial charge in [-0.3, -0.25) is 4.68 Å². The van der Waals surface area contributed by atoms with E-state index in [1.807, 2.05) is 11.8 Å². The Labute approximate surface area is 96.3 Å². The Kier molecular flexibility index (Phi) is 3.89. The van der Waals surface area contributed by atoms with Gasteiger partial charge in [-0.15, -0.1) is 0 Å². The molecule has 0 spiro atoms. The van der Waals surface area contributed by atoms with E-state index < -0.39 is 0 Å². The Morgan fingerprint density at radius 3 is 3.46 bits per heavy atom. The predicted molar refractivity (Wildman–Crippen MR) is 65.5 cm³/mol. The first-order chi connectivity index (χ1) is 6.40. The molecule has 0 fully saturated rings. The van der Waals surface area contributed by atoms with E-state index in [0.29, 0.717) is 13.1 Å². The third kappa shape index (κ3) is 2.58. The van der Waals surface area contributed by atoms with E-state index in [2.05, 4.69) is 37.9 Å². The van der Waals surface area contributed by atoms with Crippen molar-refractivity contribution in [3.63, 3.8) is 0 Å². The second-order valence-corrected chi connectivity index (χ2v) is 5.64. The molecule has 3 nitrogen and oxygen atoms in total. The summed E-state index contributed by atoms with van der Waals surface area (Å²) in [7, 11) is 0. The Morgan fingerprint density at radius 2 is 2.69 bits per heavy atom. The van der Waals surface area contributed by atoms with Crippen LogP contribution >= 0.6 is 40.3 Å². The van der Waals surface area contributed by atoms with Crippen molar-refractivity contribution >= 4 is 40.3 Å². The van der Waals surface area contributed by atoms with E-state index in [9.17, 15) is 0 Å². The van der Waals surface area contributed by atoms with Crippen molar-refractivity contribution in [3.05, 3.63) is 17.5 Å². The molecule has 0 aromatic carbocycles. The monoisotopic (exact) mass is 328 g/mol. The minimum atomic E-state index is 0.522. The van der Waals surface area contributed by atoms with Gasteiger partial charge in [-0.25, -0.2) is 0 Å². The van der Waals surface area contributed by atoms with Gasteiger partial charge >= 0.3 is 0 Å². The van der Waals surface area contributed by atoms with Crippen LogP contribution in [0, 0.1) is 0 Å². The highest BCUT2D eigenvalue weighted by Gasteiger charge is 2.11. The molecule has 1 aliphatic heterocycles. The fourth-order valence-corrected chi connectivity index (χ4v) is 2.88. The van der Waals surface area contributed by atoms with Crippen LogP contribution in [-0.4, -0.2) is 15.5 Å². The van der Waals surface area contributed by atoms with Crippen molar-refractivity contribution in [1.29, 1.82) is 0 Å². The first-order valence-corrected chi connectivity index (χ1v) is 9.18. The number of hydrogen-bond donors (Lipinski definition) is 0. The molecule has 1 aromatic heterocycles. The lowest BCUT2D eigenvalue weighted by Gasteiger charge is -2.11. The zero-order chi connectivity index (χ0) is 9.10. The molecule has 0 radical (unpaired) electrons. The standard InChI is InChI=1S/C7H10IN2OPS/c8-12-11-4-6-3-7-5-13-2-1-10(7)9-6/h3,12H,1-2,4-5H2. The zero-order valence-electron chi connectivity index (χ0n) is 6.99. The summed E-state index contributed by atoms with van der Waals surface area (Å²) in [5, 5.41) is 4.47. The Hall–Kier alpha value is 0.680. The molecule has 6 heteroatoms. The number of thioether (sulfide) groups is 1. The van der Waals surface area contributed by atoms with Gasteiger partial charge in [0.1, 0.15) is 0 Å². The lowest BCUT2D eigenvalue weighted by Crippen LogP contribution is -2.11. The molecule has 0 N–H and O–H groups in total. The van der Waals surface area contributed by atoms with E-state index >= 15 is 0 Å². The highest BCUT2D eigenvalue weighted by Crippen LogP contribution is 2.25. The normalized spacial score (nSPS) is 16.7. The van der Waals surface area contributed by atoms with Crippen LogP contribution < -0.4 is 0 Å². The van der Waals surface area contributed by atoms with Crippen molar-refractivity contribution < 1.29 is 4.52 Å². The number of nitrogens with zero attached hydrogens (tertiary/aromatic N) is 2. The maximum absolute atomic E-state index is 5.33. The van der Waals surface area contributed by atoms with Crippen molar-refractivity contribution in [2.45, 2.75) is 18.9 Å². The summed E-state index contributed by atoms with van der Waals surface area (Å²) in [5.41, 5.74) is 2.41. The summed E-state index contributed by atoms with van der Waals surface area (Å²) in [4.78, 5) is 0. The molecule has 1 atom stereocenters. The topological polar surface area (TPSA) is 27.1 Å². The Morgan fingerprint density at radius 1 is 1.77 bits per heavy atom. The lowest BCUT2D eigenvalue weighted by atomic mass is 10.4. The summed E-state index contributed by atoms with van der Waals surface area (Å²) in [5.74, 6) is 2.28. The molecule has 1 aromatic rings. The smallest absolute Gasteiger partial charge is 0.0956 e. The van der Waals surface area contributed by atoms with E-state index in [1.54, 1.807) is 0 Å². The summed E-state index contributed by atoms with van der Waals surface area (Å²) in [6.45, 7) is 2.23. The maximum Gasteiger partial charge on any atom is 0.0956 e. The molecular formula is C7H10IN2OPS. The van der Waals surface area contributed by atoms with Crippen LogP contribution in [0.5, 0.6) is 0 Å². The van der Waals surface area contributed by atoms with Crippen molar-refractivity contribution in [2.24, 2.45) is 0 Å². The maximum atomic E-state index is 5.33. The summed E-state index contributed by atoms with van der Waals surface area (Å²) in [6, 6.07) is 2.16. The van der Waals surface area contributed by atoms with Crippen LogP contribution in [-0.2, 0) is 23.4 Å². The quantitative estimate of drug-likeness (QED) is 0.630. The molecule has 1 unspecified atom stereocenters. The summed E-state index contributed by atoms with van der Waals surface area (Å²) < 4.78 is 7.43. The van der Waals surface area contributed by atoms with Crippen LogP contribution in [0.15, 0.2) is 6.07 Å². The molecule has 0 amide bonds. The lowest BCUT2D eigenvalue weighted by molar-refractivity contribution is 0.352. The van der Waals surface area contributed by atoms with Crippen LogP contribution in [0.3, 0.4) is 0 Å². The van der Waals surface area contributed by atoms with Crippen LogP contribution in [0.2, 0.25) is 0 Å². The molecule has 0 saturated heterocycles. The number of hydrogen-bond acceptors (Lipinski definition) is 3. The Balaban J connectivity index is 2.07. The largest absolute Gasteiger partial charge is 0.345 e. The molecule has 0 bridgehead atoms. The first-order valence-electron chi connectivity index (χ1n) is 4.01. The predicted octanol–water partition coefficient (Wildman–Crippen LogP) is 2.59. The number of rotatable bonds is 3. The first kappa shape index (κ1) is 10.2. The van der Waals surface area contributed by atoms with Gasteiger partial charge in [0.05, 0.1) is 25.3 Å². The van der Waals surface area contributed by atoms with Crippen LogP contribution in [0.1, 0.15) is 11.4 Å². The number of aryl methyl sites for hydroxylation is 1. The van der Waals surface area contributed by atoms with Gasteiger partial charge in [0.25, 0.3) is 0 Å². The summed E-state index contributed by atoms with van der Waals surface area (Å²) in [6.07, 6.45) is 0. The van der Waals surface area contributed by atoms with Gasteiger partial charge in [-0.2, -0.15) is 16.9 Å².